The van der Waals surface area contributed by atoms with E-state index in [0.29, 0.717) is 5.92 Å². The SMILES string of the molecule is CCCC(CC)c1bbbbc1C(C)CC. The van der Waals surface area contributed by atoms with E-state index in [-0.39, 0.29) is 0 Å². The third-order valence-electron chi connectivity index (χ3n) is 3.71. The minimum atomic E-state index is 0.696. The third-order valence-corrected chi connectivity index (χ3v) is 3.71. The van der Waals surface area contributed by atoms with Crippen molar-refractivity contribution in [2.45, 2.75) is 65.2 Å². The summed E-state index contributed by atoms with van der Waals surface area (Å²) in [5.74, 6) is 1.46. The van der Waals surface area contributed by atoms with Gasteiger partial charge in [-0.15, -0.1) is 0 Å². The Morgan fingerprint density at radius 1 is 0.938 bits per heavy atom. The van der Waals surface area contributed by atoms with Crippen molar-refractivity contribution >= 4 is 27.0 Å². The van der Waals surface area contributed by atoms with Gasteiger partial charge < -0.3 is 0 Å². The van der Waals surface area contributed by atoms with Gasteiger partial charge in [0.15, 0.2) is 0 Å². The Kier molecular flexibility index (Phi) is 6.46. The van der Waals surface area contributed by atoms with E-state index in [0.717, 1.165) is 5.92 Å². The van der Waals surface area contributed by atoms with Crippen LogP contribution in [0.1, 0.15) is 76.1 Å². The first-order valence-corrected chi connectivity index (χ1v) is 6.83. The van der Waals surface area contributed by atoms with Crippen molar-refractivity contribution in [1.82, 2.24) is 0 Å². The summed E-state index contributed by atoms with van der Waals surface area (Å²) in [5.41, 5.74) is 3.17. The van der Waals surface area contributed by atoms with E-state index in [4.69, 9.17) is 0 Å². The van der Waals surface area contributed by atoms with E-state index in [1.165, 1.54) is 25.7 Å². The fourth-order valence-corrected chi connectivity index (χ4v) is 2.48. The molecule has 0 amide bonds. The predicted molar refractivity (Wildman–Crippen MR) is 78.5 cm³/mol. The van der Waals surface area contributed by atoms with Gasteiger partial charge >= 0.3 is 103 Å². The summed E-state index contributed by atoms with van der Waals surface area (Å²) in [6, 6.07) is 0. The van der Waals surface area contributed by atoms with Crippen LogP contribution in [0.3, 0.4) is 0 Å². The molecule has 1 aromatic rings. The predicted octanol–water partition coefficient (Wildman–Crippen LogP) is 2.85. The molecule has 0 spiro atoms. The molecule has 0 aliphatic heterocycles. The second-order valence-electron chi connectivity index (χ2n) is 4.83. The standard InChI is InChI=1S/C12H22B4/c1-5-8-10(7-3)12-11(9(4)6-2)13-15-16-14-12/h9-10H,5-8H2,1-4H3. The summed E-state index contributed by atoms with van der Waals surface area (Å²) >= 11 is 0. The average Bonchev–Trinajstić information content (AvgIpc) is 2.35. The molecule has 0 aromatic carbocycles. The average molecular weight is 210 g/mol. The molecule has 0 aliphatic carbocycles. The molecule has 0 saturated carbocycles. The molecule has 1 rings (SSSR count). The first kappa shape index (κ1) is 14.1. The quantitative estimate of drug-likeness (QED) is 0.676. The van der Waals surface area contributed by atoms with Gasteiger partial charge in [-0.25, -0.2) is 0 Å². The van der Waals surface area contributed by atoms with E-state index < -0.39 is 0 Å². The van der Waals surface area contributed by atoms with Crippen LogP contribution in [0.25, 0.3) is 0 Å². The zero-order valence-corrected chi connectivity index (χ0v) is 11.3. The van der Waals surface area contributed by atoms with Crippen molar-refractivity contribution in [2.24, 2.45) is 0 Å². The van der Waals surface area contributed by atoms with E-state index in [1.54, 1.807) is 10.9 Å². The molecule has 2 atom stereocenters. The first-order valence-electron chi connectivity index (χ1n) is 6.83. The van der Waals surface area contributed by atoms with Crippen molar-refractivity contribution in [1.29, 1.82) is 0 Å². The number of rotatable bonds is 6. The molecular formula is C12H22B4. The van der Waals surface area contributed by atoms with Gasteiger partial charge in [0.25, 0.3) is 0 Å². The third kappa shape index (κ3) is 3.50. The fraction of sp³-hybridized carbons (Fsp3) is 0.833. The fourth-order valence-electron chi connectivity index (χ4n) is 2.48. The van der Waals surface area contributed by atoms with Crippen LogP contribution in [0.4, 0.5) is 0 Å². The molecular weight excluding hydrogens is 187 g/mol. The number of hydrogen-bond donors (Lipinski definition) is 0. The van der Waals surface area contributed by atoms with E-state index in [2.05, 4.69) is 54.7 Å². The van der Waals surface area contributed by atoms with Crippen LogP contribution < -0.4 is 0 Å². The first-order chi connectivity index (χ1) is 7.74. The van der Waals surface area contributed by atoms with Gasteiger partial charge in [0.1, 0.15) is 0 Å². The van der Waals surface area contributed by atoms with Gasteiger partial charge in [-0.1, -0.05) is 0 Å². The molecule has 16 heavy (non-hydrogen) atoms. The zero-order valence-electron chi connectivity index (χ0n) is 11.3. The van der Waals surface area contributed by atoms with Crippen LogP contribution in [0, 0.1) is 0 Å². The molecule has 0 radical (unpaired) electrons. The van der Waals surface area contributed by atoms with Gasteiger partial charge in [-0.3, -0.25) is 0 Å². The second-order valence-corrected chi connectivity index (χ2v) is 4.83. The van der Waals surface area contributed by atoms with Crippen LogP contribution in [0.2, 0.25) is 0 Å². The van der Waals surface area contributed by atoms with E-state index in [1.807, 2.05) is 0 Å². The van der Waals surface area contributed by atoms with Crippen molar-refractivity contribution < 1.29 is 0 Å². The van der Waals surface area contributed by atoms with Crippen LogP contribution >= 0.6 is 0 Å². The van der Waals surface area contributed by atoms with Crippen LogP contribution in [0.15, 0.2) is 0 Å². The molecule has 0 N–H and O–H groups in total. The zero-order chi connectivity index (χ0) is 12.0. The Hall–Kier alpha value is -0.000260. The Bertz CT molecular complexity index is 314. The van der Waals surface area contributed by atoms with Crippen molar-refractivity contribution in [3.05, 3.63) is 10.9 Å². The summed E-state index contributed by atoms with van der Waals surface area (Å²) in [5, 5.41) is 0. The Morgan fingerprint density at radius 3 is 2.06 bits per heavy atom. The van der Waals surface area contributed by atoms with Crippen molar-refractivity contribution in [2.75, 3.05) is 0 Å². The molecule has 2 unspecified atom stereocenters. The Balaban J connectivity index is 3.00. The summed E-state index contributed by atoms with van der Waals surface area (Å²) in [7, 11) is 0. The molecule has 0 fully saturated rings. The van der Waals surface area contributed by atoms with Gasteiger partial charge in [0.05, 0.1) is 0 Å². The maximum absolute atomic E-state index is 2.34. The molecule has 0 bridgehead atoms. The molecule has 82 valence electrons. The van der Waals surface area contributed by atoms with E-state index in [9.17, 15) is 0 Å². The van der Waals surface area contributed by atoms with Gasteiger partial charge in [0, 0.05) is 0 Å². The molecule has 0 aliphatic rings. The molecule has 1 heterocycles. The number of hydrogen-bond acceptors (Lipinski definition) is 0. The molecule has 1 aromatic heterocycles. The summed E-state index contributed by atoms with van der Waals surface area (Å²) in [6.45, 7) is 18.3. The van der Waals surface area contributed by atoms with Crippen molar-refractivity contribution in [3.8, 4) is 0 Å². The Labute approximate surface area is 103 Å². The van der Waals surface area contributed by atoms with Crippen molar-refractivity contribution in [3.63, 3.8) is 0 Å². The van der Waals surface area contributed by atoms with Crippen LogP contribution in [0.5, 0.6) is 0 Å². The normalized spacial score (nSPS) is 13.8. The van der Waals surface area contributed by atoms with Gasteiger partial charge in [-0.05, 0) is 0 Å². The van der Waals surface area contributed by atoms with E-state index >= 15 is 0 Å². The van der Waals surface area contributed by atoms with Gasteiger partial charge in [0.2, 0.25) is 0 Å². The monoisotopic (exact) mass is 210 g/mol. The molecule has 0 saturated heterocycles. The summed E-state index contributed by atoms with van der Waals surface area (Å²) in [6.07, 6.45) is 5.11. The second kappa shape index (κ2) is 7.35. The molecule has 4 heteroatoms. The Morgan fingerprint density at radius 2 is 1.56 bits per heavy atom. The topological polar surface area (TPSA) is 0 Å². The molecule has 0 nitrogen and oxygen atoms in total. The summed E-state index contributed by atoms with van der Waals surface area (Å²) < 4.78 is 0. The van der Waals surface area contributed by atoms with Crippen LogP contribution in [-0.4, -0.2) is 27.0 Å². The minimum absolute atomic E-state index is 0.696. The van der Waals surface area contributed by atoms with Crippen LogP contribution in [-0.2, 0) is 0 Å². The maximum atomic E-state index is 2.34. The van der Waals surface area contributed by atoms with Gasteiger partial charge in [-0.2, -0.15) is 0 Å². The summed E-state index contributed by atoms with van der Waals surface area (Å²) in [4.78, 5) is 0.